The first-order valence-corrected chi connectivity index (χ1v) is 11.7. The van der Waals surface area contributed by atoms with Crippen LogP contribution in [-0.4, -0.2) is 47.0 Å². The molecule has 1 aliphatic heterocycles. The van der Waals surface area contributed by atoms with Crippen LogP contribution in [0.15, 0.2) is 67.0 Å². The fourth-order valence-corrected chi connectivity index (χ4v) is 4.54. The minimum Gasteiger partial charge on any atom is -0.368 e. The van der Waals surface area contributed by atoms with Crippen LogP contribution in [0.3, 0.4) is 0 Å². The van der Waals surface area contributed by atoms with E-state index in [9.17, 15) is 4.79 Å². The van der Waals surface area contributed by atoms with Gasteiger partial charge in [0.15, 0.2) is 0 Å². The first-order valence-electron chi connectivity index (χ1n) is 11.4. The Balaban J connectivity index is 1.25. The summed E-state index contributed by atoms with van der Waals surface area (Å²) in [5.41, 5.74) is 6.77. The van der Waals surface area contributed by atoms with Gasteiger partial charge in [0.1, 0.15) is 0 Å². The summed E-state index contributed by atoms with van der Waals surface area (Å²) >= 11 is 6.09. The molecule has 7 heteroatoms. The third kappa shape index (κ3) is 4.54. The molecule has 6 nitrogen and oxygen atoms in total. The Kier molecular flexibility index (Phi) is 6.07. The Morgan fingerprint density at radius 2 is 1.71 bits per heavy atom. The van der Waals surface area contributed by atoms with E-state index in [1.54, 1.807) is 6.20 Å². The number of nitrogens with zero attached hydrogens (tertiary/aromatic N) is 4. The van der Waals surface area contributed by atoms with Gasteiger partial charge in [-0.3, -0.25) is 14.8 Å². The number of pyridine rings is 2. The number of aryl methyl sites for hydroxylation is 2. The van der Waals surface area contributed by atoms with E-state index in [2.05, 4.69) is 33.2 Å². The fraction of sp³-hybridized carbons (Fsp3) is 0.222. The van der Waals surface area contributed by atoms with Crippen molar-refractivity contribution in [2.75, 3.05) is 36.4 Å². The maximum atomic E-state index is 13.1. The van der Waals surface area contributed by atoms with Gasteiger partial charge in [-0.15, -0.1) is 0 Å². The highest BCUT2D eigenvalue weighted by Crippen LogP contribution is 2.27. The second kappa shape index (κ2) is 9.31. The van der Waals surface area contributed by atoms with Crippen molar-refractivity contribution < 1.29 is 4.79 Å². The van der Waals surface area contributed by atoms with E-state index in [4.69, 9.17) is 11.6 Å². The molecule has 0 atom stereocenters. The molecule has 1 N–H and O–H groups in total. The summed E-state index contributed by atoms with van der Waals surface area (Å²) in [6.45, 7) is 7.12. The van der Waals surface area contributed by atoms with Gasteiger partial charge in [0.25, 0.3) is 5.91 Å². The maximum Gasteiger partial charge on any atom is 0.253 e. The Morgan fingerprint density at radius 3 is 2.47 bits per heavy atom. The second-order valence-electron chi connectivity index (χ2n) is 8.61. The summed E-state index contributed by atoms with van der Waals surface area (Å²) in [6.07, 6.45) is 3.68. The predicted octanol–water partition coefficient (Wildman–Crippen LogP) is 5.61. The van der Waals surface area contributed by atoms with Gasteiger partial charge in [-0.1, -0.05) is 11.6 Å². The van der Waals surface area contributed by atoms with Crippen LogP contribution in [0.5, 0.6) is 0 Å². The molecular weight excluding hydrogens is 446 g/mol. The number of amides is 1. The number of aromatic nitrogens is 2. The van der Waals surface area contributed by atoms with E-state index in [1.165, 1.54) is 11.3 Å². The molecule has 2 aromatic carbocycles. The first kappa shape index (κ1) is 22.2. The van der Waals surface area contributed by atoms with Crippen LogP contribution in [0.25, 0.3) is 10.9 Å². The van der Waals surface area contributed by atoms with Crippen molar-refractivity contribution in [3.63, 3.8) is 0 Å². The van der Waals surface area contributed by atoms with Crippen LogP contribution >= 0.6 is 11.6 Å². The molecule has 0 saturated carbocycles. The molecule has 0 bridgehead atoms. The van der Waals surface area contributed by atoms with Crippen molar-refractivity contribution in [3.05, 3.63) is 88.8 Å². The summed E-state index contributed by atoms with van der Waals surface area (Å²) in [5, 5.41) is 5.08. The number of rotatable bonds is 4. The summed E-state index contributed by atoms with van der Waals surface area (Å²) in [6, 6.07) is 17.4. The molecule has 1 amide bonds. The molecule has 1 saturated heterocycles. The van der Waals surface area contributed by atoms with Crippen molar-refractivity contribution in [1.29, 1.82) is 0 Å². The number of fused-ring (bicyclic) bond motifs is 1. The van der Waals surface area contributed by atoms with E-state index in [0.29, 0.717) is 23.7 Å². The molecule has 34 heavy (non-hydrogen) atoms. The van der Waals surface area contributed by atoms with E-state index < -0.39 is 0 Å². The van der Waals surface area contributed by atoms with Crippen LogP contribution in [0.1, 0.15) is 21.6 Å². The molecule has 0 aliphatic carbocycles. The monoisotopic (exact) mass is 471 g/mol. The number of carbonyl (C=O) groups is 1. The van der Waals surface area contributed by atoms with Crippen LogP contribution in [0.4, 0.5) is 17.1 Å². The third-order valence-electron chi connectivity index (χ3n) is 6.23. The van der Waals surface area contributed by atoms with E-state index >= 15 is 0 Å². The Hall–Kier alpha value is -3.64. The highest BCUT2D eigenvalue weighted by molar-refractivity contribution is 6.31. The lowest BCUT2D eigenvalue weighted by atomic mass is 10.1. The summed E-state index contributed by atoms with van der Waals surface area (Å²) in [5.74, 6) is 0.0674. The third-order valence-corrected chi connectivity index (χ3v) is 6.47. The molecule has 5 rings (SSSR count). The largest absolute Gasteiger partial charge is 0.368 e. The first-order chi connectivity index (χ1) is 16.5. The zero-order valence-corrected chi connectivity index (χ0v) is 20.0. The molecule has 1 fully saturated rings. The number of carbonyl (C=O) groups excluding carboxylic acids is 1. The number of nitrogens with one attached hydrogen (secondary N) is 1. The summed E-state index contributed by atoms with van der Waals surface area (Å²) in [4.78, 5) is 26.1. The smallest absolute Gasteiger partial charge is 0.253 e. The summed E-state index contributed by atoms with van der Waals surface area (Å²) in [7, 11) is 0. The van der Waals surface area contributed by atoms with Gasteiger partial charge in [0.2, 0.25) is 0 Å². The number of benzene rings is 2. The van der Waals surface area contributed by atoms with Crippen molar-refractivity contribution in [2.45, 2.75) is 13.8 Å². The molecule has 0 radical (unpaired) electrons. The van der Waals surface area contributed by atoms with Gasteiger partial charge < -0.3 is 15.1 Å². The van der Waals surface area contributed by atoms with E-state index in [-0.39, 0.29) is 5.91 Å². The highest BCUT2D eigenvalue weighted by atomic mass is 35.5. The zero-order chi connectivity index (χ0) is 23.7. The number of halogens is 1. The van der Waals surface area contributed by atoms with Crippen molar-refractivity contribution in [2.24, 2.45) is 0 Å². The lowest BCUT2D eigenvalue weighted by Gasteiger charge is -2.37. The van der Waals surface area contributed by atoms with Gasteiger partial charge in [0.05, 0.1) is 5.52 Å². The molecular formula is C27H26ClN5O. The molecule has 172 valence electrons. The molecule has 1 aliphatic rings. The molecule has 2 aromatic heterocycles. The number of hydrogen-bond acceptors (Lipinski definition) is 5. The van der Waals surface area contributed by atoms with Gasteiger partial charge in [0, 0.05) is 77.3 Å². The van der Waals surface area contributed by atoms with Crippen LogP contribution in [-0.2, 0) is 0 Å². The van der Waals surface area contributed by atoms with Crippen LogP contribution < -0.4 is 10.2 Å². The number of anilines is 3. The van der Waals surface area contributed by atoms with Crippen molar-refractivity contribution in [1.82, 2.24) is 14.9 Å². The van der Waals surface area contributed by atoms with Crippen molar-refractivity contribution >= 4 is 45.5 Å². The Labute approximate surface area is 204 Å². The number of piperazine rings is 1. The lowest BCUT2D eigenvalue weighted by molar-refractivity contribution is 0.0747. The van der Waals surface area contributed by atoms with Gasteiger partial charge in [-0.05, 0) is 74.0 Å². The average Bonchev–Trinajstić information content (AvgIpc) is 2.86. The van der Waals surface area contributed by atoms with Gasteiger partial charge >= 0.3 is 0 Å². The molecule has 0 unspecified atom stereocenters. The molecule has 0 spiro atoms. The average molecular weight is 472 g/mol. The van der Waals surface area contributed by atoms with Crippen LogP contribution in [0.2, 0.25) is 5.02 Å². The minimum absolute atomic E-state index is 0.0674. The van der Waals surface area contributed by atoms with Crippen LogP contribution in [0, 0.1) is 13.8 Å². The van der Waals surface area contributed by atoms with E-state index in [1.807, 2.05) is 66.6 Å². The fourth-order valence-electron chi connectivity index (χ4n) is 4.37. The Morgan fingerprint density at radius 1 is 0.941 bits per heavy atom. The number of hydrogen-bond donors (Lipinski definition) is 1. The normalized spacial score (nSPS) is 13.9. The minimum atomic E-state index is 0.0674. The van der Waals surface area contributed by atoms with E-state index in [0.717, 1.165) is 41.1 Å². The van der Waals surface area contributed by atoms with Crippen molar-refractivity contribution in [3.8, 4) is 0 Å². The topological polar surface area (TPSA) is 61.4 Å². The zero-order valence-electron chi connectivity index (χ0n) is 19.3. The standard InChI is InChI=1S/C27H26ClN5O/c1-18-17-30-19(2)15-26(18)32-11-13-33(14-12-32)27(34)20-3-6-22(7-4-20)31-24-9-10-29-25-16-21(28)5-8-23(24)25/h3-10,15-17H,11-14H2,1-2H3,(H,29,31). The summed E-state index contributed by atoms with van der Waals surface area (Å²) < 4.78 is 0. The molecule has 4 aromatic rings. The Bertz CT molecular complexity index is 1350. The highest BCUT2D eigenvalue weighted by Gasteiger charge is 2.23. The SMILES string of the molecule is Cc1cc(N2CCN(C(=O)c3ccc(Nc4ccnc5cc(Cl)ccc45)cc3)CC2)c(C)cn1. The maximum absolute atomic E-state index is 13.1. The van der Waals surface area contributed by atoms with Gasteiger partial charge in [-0.25, -0.2) is 0 Å². The quantitative estimate of drug-likeness (QED) is 0.419. The van der Waals surface area contributed by atoms with Gasteiger partial charge in [-0.2, -0.15) is 0 Å². The molecule has 3 heterocycles. The predicted molar refractivity (Wildman–Crippen MR) is 138 cm³/mol. The second-order valence-corrected chi connectivity index (χ2v) is 9.05. The lowest BCUT2D eigenvalue weighted by Crippen LogP contribution is -2.49.